The fraction of sp³-hybridized carbons (Fsp3) is 0.429. The van der Waals surface area contributed by atoms with Crippen LogP contribution in [0.25, 0.3) is 5.69 Å². The first-order chi connectivity index (χ1) is 9.61. The van der Waals surface area contributed by atoms with Crippen LogP contribution in [0.15, 0.2) is 30.9 Å². The van der Waals surface area contributed by atoms with Crippen LogP contribution in [-0.4, -0.2) is 27.9 Å². The Morgan fingerprint density at radius 2 is 2.20 bits per heavy atom. The largest absolute Gasteiger partial charge is 0.383 e. The van der Waals surface area contributed by atoms with Crippen LogP contribution in [0, 0.1) is 11.8 Å². The number of nitrogens with one attached hydrogen (secondary N) is 1. The van der Waals surface area contributed by atoms with Crippen molar-refractivity contribution in [3.05, 3.63) is 35.9 Å². The summed E-state index contributed by atoms with van der Waals surface area (Å²) in [7, 11) is 0. The maximum atomic E-state index is 6.08. The molecule has 1 unspecified atom stereocenters. The van der Waals surface area contributed by atoms with E-state index in [1.807, 2.05) is 18.2 Å². The molecule has 1 atom stereocenters. The SMILES string of the molecule is CC(C)C(CN)CNc1cc(Cl)ccc1-n1cncn1. The lowest BCUT2D eigenvalue weighted by molar-refractivity contribution is 0.413. The number of nitrogens with two attached hydrogens (primary N) is 1. The minimum Gasteiger partial charge on any atom is -0.383 e. The van der Waals surface area contributed by atoms with Gasteiger partial charge in [0, 0.05) is 11.6 Å². The van der Waals surface area contributed by atoms with E-state index < -0.39 is 0 Å². The summed E-state index contributed by atoms with van der Waals surface area (Å²) < 4.78 is 1.71. The zero-order valence-corrected chi connectivity index (χ0v) is 12.5. The molecule has 1 aromatic heterocycles. The highest BCUT2D eigenvalue weighted by molar-refractivity contribution is 6.31. The van der Waals surface area contributed by atoms with Gasteiger partial charge >= 0.3 is 0 Å². The molecule has 0 aliphatic heterocycles. The van der Waals surface area contributed by atoms with Crippen LogP contribution in [0.3, 0.4) is 0 Å². The number of halogens is 1. The second-order valence-corrected chi connectivity index (χ2v) is 5.56. The molecule has 20 heavy (non-hydrogen) atoms. The molecule has 108 valence electrons. The molecule has 2 aromatic rings. The maximum Gasteiger partial charge on any atom is 0.138 e. The van der Waals surface area contributed by atoms with Crippen LogP contribution < -0.4 is 11.1 Å². The van der Waals surface area contributed by atoms with E-state index in [1.54, 1.807) is 11.0 Å². The Kier molecular flexibility index (Phi) is 4.98. The number of aromatic nitrogens is 3. The molecule has 6 heteroatoms. The van der Waals surface area contributed by atoms with Crippen LogP contribution in [-0.2, 0) is 0 Å². The topological polar surface area (TPSA) is 68.8 Å². The van der Waals surface area contributed by atoms with Gasteiger partial charge in [-0.15, -0.1) is 0 Å². The van der Waals surface area contributed by atoms with Gasteiger partial charge in [-0.25, -0.2) is 9.67 Å². The summed E-state index contributed by atoms with van der Waals surface area (Å²) in [5.41, 5.74) is 7.66. The summed E-state index contributed by atoms with van der Waals surface area (Å²) >= 11 is 6.08. The standard InChI is InChI=1S/C14H20ClN5/c1-10(2)11(6-16)7-18-13-5-12(15)3-4-14(13)20-9-17-8-19-20/h3-5,8-11,18H,6-7,16H2,1-2H3. The molecule has 2 rings (SSSR count). The molecule has 3 N–H and O–H groups in total. The van der Waals surface area contributed by atoms with E-state index in [9.17, 15) is 0 Å². The van der Waals surface area contributed by atoms with E-state index in [0.717, 1.165) is 17.9 Å². The van der Waals surface area contributed by atoms with Gasteiger partial charge in [0.05, 0.1) is 11.4 Å². The molecule has 0 saturated carbocycles. The van der Waals surface area contributed by atoms with Crippen LogP contribution in [0.5, 0.6) is 0 Å². The molecule has 0 amide bonds. The van der Waals surface area contributed by atoms with Crippen LogP contribution in [0.1, 0.15) is 13.8 Å². The molecule has 5 nitrogen and oxygen atoms in total. The van der Waals surface area contributed by atoms with Crippen molar-refractivity contribution in [3.63, 3.8) is 0 Å². The minimum absolute atomic E-state index is 0.414. The highest BCUT2D eigenvalue weighted by Gasteiger charge is 2.13. The van der Waals surface area contributed by atoms with E-state index in [0.29, 0.717) is 23.4 Å². The molecule has 1 heterocycles. The van der Waals surface area contributed by atoms with E-state index in [4.69, 9.17) is 17.3 Å². The Morgan fingerprint density at radius 3 is 2.80 bits per heavy atom. The first-order valence-electron chi connectivity index (χ1n) is 6.70. The van der Waals surface area contributed by atoms with E-state index in [-0.39, 0.29) is 0 Å². The maximum absolute atomic E-state index is 6.08. The molecule has 0 radical (unpaired) electrons. The zero-order chi connectivity index (χ0) is 14.5. The van der Waals surface area contributed by atoms with Gasteiger partial charge < -0.3 is 11.1 Å². The number of anilines is 1. The van der Waals surface area contributed by atoms with Gasteiger partial charge in [0.25, 0.3) is 0 Å². The van der Waals surface area contributed by atoms with Gasteiger partial charge in [-0.2, -0.15) is 5.10 Å². The lowest BCUT2D eigenvalue weighted by Gasteiger charge is -2.21. The predicted octanol–water partition coefficient (Wildman–Crippen LogP) is 2.56. The molecule has 0 fully saturated rings. The number of benzene rings is 1. The van der Waals surface area contributed by atoms with Crippen molar-refractivity contribution in [2.75, 3.05) is 18.4 Å². The predicted molar refractivity (Wildman–Crippen MR) is 82.2 cm³/mol. The smallest absolute Gasteiger partial charge is 0.138 e. The summed E-state index contributed by atoms with van der Waals surface area (Å²) in [6, 6.07) is 5.66. The normalized spacial score (nSPS) is 12.7. The molecule has 0 aliphatic carbocycles. The fourth-order valence-electron chi connectivity index (χ4n) is 2.01. The minimum atomic E-state index is 0.414. The van der Waals surface area contributed by atoms with Gasteiger partial charge in [-0.3, -0.25) is 0 Å². The van der Waals surface area contributed by atoms with Crippen molar-refractivity contribution in [3.8, 4) is 5.69 Å². The summed E-state index contributed by atoms with van der Waals surface area (Å²) in [5, 5.41) is 8.26. The fourth-order valence-corrected chi connectivity index (χ4v) is 2.19. The Hall–Kier alpha value is -1.59. The molecule has 1 aromatic carbocycles. The van der Waals surface area contributed by atoms with Crippen LogP contribution in [0.4, 0.5) is 5.69 Å². The number of nitrogens with zero attached hydrogens (tertiary/aromatic N) is 3. The Morgan fingerprint density at radius 1 is 1.40 bits per heavy atom. The highest BCUT2D eigenvalue weighted by atomic mass is 35.5. The third kappa shape index (κ3) is 3.49. The quantitative estimate of drug-likeness (QED) is 0.859. The number of rotatable bonds is 6. The zero-order valence-electron chi connectivity index (χ0n) is 11.8. The van der Waals surface area contributed by atoms with Gasteiger partial charge in [-0.1, -0.05) is 25.4 Å². The van der Waals surface area contributed by atoms with Crippen molar-refractivity contribution in [2.45, 2.75) is 13.8 Å². The third-order valence-corrected chi connectivity index (χ3v) is 3.66. The monoisotopic (exact) mass is 293 g/mol. The molecular weight excluding hydrogens is 274 g/mol. The lowest BCUT2D eigenvalue weighted by atomic mass is 9.96. The third-order valence-electron chi connectivity index (χ3n) is 3.42. The second kappa shape index (κ2) is 6.72. The molecule has 0 bridgehead atoms. The molecular formula is C14H20ClN5. The first kappa shape index (κ1) is 14.8. The van der Waals surface area contributed by atoms with Crippen molar-refractivity contribution in [2.24, 2.45) is 17.6 Å². The van der Waals surface area contributed by atoms with Gasteiger partial charge in [0.2, 0.25) is 0 Å². The first-order valence-corrected chi connectivity index (χ1v) is 7.08. The second-order valence-electron chi connectivity index (χ2n) is 5.12. The van der Waals surface area contributed by atoms with Crippen LogP contribution >= 0.6 is 11.6 Å². The van der Waals surface area contributed by atoms with E-state index in [2.05, 4.69) is 29.2 Å². The van der Waals surface area contributed by atoms with E-state index >= 15 is 0 Å². The Bertz CT molecular complexity index is 539. The number of hydrogen-bond donors (Lipinski definition) is 2. The summed E-state index contributed by atoms with van der Waals surface area (Å²) in [6.45, 7) is 5.81. The van der Waals surface area contributed by atoms with Crippen molar-refractivity contribution in [1.29, 1.82) is 0 Å². The summed E-state index contributed by atoms with van der Waals surface area (Å²) in [6.07, 6.45) is 3.17. The van der Waals surface area contributed by atoms with Crippen molar-refractivity contribution >= 4 is 17.3 Å². The van der Waals surface area contributed by atoms with Gasteiger partial charge in [0.1, 0.15) is 12.7 Å². The number of hydrogen-bond acceptors (Lipinski definition) is 4. The van der Waals surface area contributed by atoms with Crippen molar-refractivity contribution < 1.29 is 0 Å². The summed E-state index contributed by atoms with van der Waals surface area (Å²) in [5.74, 6) is 0.944. The highest BCUT2D eigenvalue weighted by Crippen LogP contribution is 2.24. The van der Waals surface area contributed by atoms with Crippen LogP contribution in [0.2, 0.25) is 5.02 Å². The lowest BCUT2D eigenvalue weighted by Crippen LogP contribution is -2.27. The average molecular weight is 294 g/mol. The van der Waals surface area contributed by atoms with Crippen molar-refractivity contribution in [1.82, 2.24) is 14.8 Å². The molecule has 0 saturated heterocycles. The average Bonchev–Trinajstić information content (AvgIpc) is 2.93. The van der Waals surface area contributed by atoms with E-state index in [1.165, 1.54) is 6.33 Å². The molecule has 0 aliphatic rings. The summed E-state index contributed by atoms with van der Waals surface area (Å²) in [4.78, 5) is 3.97. The van der Waals surface area contributed by atoms with Gasteiger partial charge in [-0.05, 0) is 36.6 Å². The Labute approximate surface area is 124 Å². The molecule has 0 spiro atoms. The van der Waals surface area contributed by atoms with Gasteiger partial charge in [0.15, 0.2) is 0 Å². The Balaban J connectivity index is 2.20.